The van der Waals surface area contributed by atoms with Crippen LogP contribution in [-0.4, -0.2) is 40.9 Å². The Morgan fingerprint density at radius 3 is 1.24 bits per heavy atom. The van der Waals surface area contributed by atoms with Gasteiger partial charge in [-0.3, -0.25) is 0 Å². The largest absolute Gasteiger partial charge is 0.396 e. The van der Waals surface area contributed by atoms with Crippen LogP contribution >= 0.6 is 47.8 Å². The number of halogens is 3. The lowest BCUT2D eigenvalue weighted by molar-refractivity contribution is 0.126. The molecule has 0 atom stereocenters. The molecule has 2 aromatic rings. The van der Waals surface area contributed by atoms with Crippen LogP contribution in [0.1, 0.15) is 88.2 Å². The Hall–Kier alpha value is -0.200. The minimum absolute atomic E-state index is 0.312. The second kappa shape index (κ2) is 32.0. The van der Waals surface area contributed by atoms with Crippen molar-refractivity contribution >= 4 is 47.8 Å². The van der Waals surface area contributed by atoms with E-state index >= 15 is 0 Å². The van der Waals surface area contributed by atoms with Gasteiger partial charge in [0, 0.05) is 35.8 Å². The lowest BCUT2D eigenvalue weighted by atomic mass is 10.1. The van der Waals surface area contributed by atoms with E-state index in [-0.39, 0.29) is 0 Å². The lowest BCUT2D eigenvalue weighted by Crippen LogP contribution is -1.98. The number of aryl methyl sites for hydroxylation is 2. The monoisotopic (exact) mass is 704 g/mol. The Morgan fingerprint density at radius 2 is 0.838 bits per heavy atom. The van der Waals surface area contributed by atoms with Crippen molar-refractivity contribution in [3.63, 3.8) is 0 Å². The van der Waals surface area contributed by atoms with Crippen molar-refractivity contribution in [1.29, 1.82) is 0 Å². The molecule has 5 heteroatoms. The molecule has 0 aliphatic carbocycles. The van der Waals surface area contributed by atoms with E-state index in [1.165, 1.54) is 81.8 Å². The van der Waals surface area contributed by atoms with E-state index < -0.39 is 0 Å². The summed E-state index contributed by atoms with van der Waals surface area (Å²) in [5.74, 6) is 0. The molecule has 0 heterocycles. The van der Waals surface area contributed by atoms with Crippen molar-refractivity contribution in [2.75, 3.05) is 35.8 Å². The van der Waals surface area contributed by atoms with E-state index in [9.17, 15) is 0 Å². The van der Waals surface area contributed by atoms with Gasteiger partial charge in [0.1, 0.15) is 0 Å². The van der Waals surface area contributed by atoms with Gasteiger partial charge in [0.25, 0.3) is 0 Å². The summed E-state index contributed by atoms with van der Waals surface area (Å²) < 4.78 is 5.64. The molecule has 0 amide bonds. The predicted molar refractivity (Wildman–Crippen MR) is 175 cm³/mol. The fraction of sp³-hybridized carbons (Fsp3) is 0.625. The Labute approximate surface area is 253 Å². The Balaban J connectivity index is 0.000000580. The number of rotatable bonds is 20. The van der Waals surface area contributed by atoms with Crippen molar-refractivity contribution in [2.45, 2.75) is 89.9 Å². The molecule has 0 saturated carbocycles. The van der Waals surface area contributed by atoms with Crippen molar-refractivity contribution in [1.82, 2.24) is 0 Å². The summed E-state index contributed by atoms with van der Waals surface area (Å²) in [6.45, 7) is 2.17. The minimum atomic E-state index is 0.312. The van der Waals surface area contributed by atoms with E-state index in [1.54, 1.807) is 0 Å². The van der Waals surface area contributed by atoms with Gasteiger partial charge in [0.15, 0.2) is 0 Å². The zero-order chi connectivity index (χ0) is 27.1. The summed E-state index contributed by atoms with van der Waals surface area (Å²) in [6, 6.07) is 21.1. The number of ether oxygens (including phenoxy) is 1. The van der Waals surface area contributed by atoms with Crippen LogP contribution in [0, 0.1) is 0 Å². The molecule has 212 valence electrons. The van der Waals surface area contributed by atoms with Crippen LogP contribution in [0.4, 0.5) is 0 Å². The van der Waals surface area contributed by atoms with Crippen LogP contribution in [0.25, 0.3) is 0 Å². The average molecular weight is 707 g/mol. The fourth-order valence-electron chi connectivity index (χ4n) is 3.56. The molecule has 0 spiro atoms. The summed E-state index contributed by atoms with van der Waals surface area (Å²) >= 11 is 10.2. The SMILES string of the molecule is BrCCCCCCBr.BrCCCCCCOCCCCc1ccccc1.OCCCCc1ccccc1. The molecule has 0 aliphatic rings. The summed E-state index contributed by atoms with van der Waals surface area (Å²) in [6.07, 6.45) is 17.2. The molecule has 0 bridgehead atoms. The molecule has 0 fully saturated rings. The van der Waals surface area contributed by atoms with Crippen molar-refractivity contribution < 1.29 is 9.84 Å². The zero-order valence-corrected chi connectivity index (χ0v) is 27.7. The molecular formula is C32H51Br3O2. The van der Waals surface area contributed by atoms with Crippen LogP contribution in [0.15, 0.2) is 60.7 Å². The first-order valence-corrected chi connectivity index (χ1v) is 17.6. The van der Waals surface area contributed by atoms with Gasteiger partial charge in [0.2, 0.25) is 0 Å². The molecule has 2 aromatic carbocycles. The quantitative estimate of drug-likeness (QED) is 0.110. The molecule has 0 aliphatic heterocycles. The normalized spacial score (nSPS) is 10.3. The molecule has 0 saturated heterocycles. The lowest BCUT2D eigenvalue weighted by Gasteiger charge is -2.04. The highest BCUT2D eigenvalue weighted by Crippen LogP contribution is 2.06. The highest BCUT2D eigenvalue weighted by Gasteiger charge is 1.94. The number of unbranched alkanes of at least 4 members (excludes halogenated alkanes) is 8. The summed E-state index contributed by atoms with van der Waals surface area (Å²) in [5, 5.41) is 12.0. The summed E-state index contributed by atoms with van der Waals surface area (Å²) in [5.41, 5.74) is 2.80. The van der Waals surface area contributed by atoms with Gasteiger partial charge in [-0.25, -0.2) is 0 Å². The molecular weight excluding hydrogens is 656 g/mol. The van der Waals surface area contributed by atoms with Crippen LogP contribution in [0.5, 0.6) is 0 Å². The smallest absolute Gasteiger partial charge is 0.0466 e. The van der Waals surface area contributed by atoms with Crippen molar-refractivity contribution in [3.8, 4) is 0 Å². The molecule has 2 nitrogen and oxygen atoms in total. The van der Waals surface area contributed by atoms with E-state index in [0.717, 1.165) is 48.5 Å². The number of aliphatic hydroxyl groups excluding tert-OH is 1. The first-order chi connectivity index (χ1) is 18.3. The molecule has 1 N–H and O–H groups in total. The number of aliphatic hydroxyl groups is 1. The Bertz CT molecular complexity index is 650. The van der Waals surface area contributed by atoms with Gasteiger partial charge in [-0.05, 0) is 75.3 Å². The van der Waals surface area contributed by atoms with Gasteiger partial charge in [0.05, 0.1) is 0 Å². The summed E-state index contributed by atoms with van der Waals surface area (Å²) in [7, 11) is 0. The summed E-state index contributed by atoms with van der Waals surface area (Å²) in [4.78, 5) is 0. The molecule has 0 radical (unpaired) electrons. The molecule has 2 rings (SSSR count). The standard InChI is InChI=1S/C16H25BrO.C10H14O.C6H12Br2/c17-13-7-1-2-8-14-18-15-9-6-12-16-10-4-3-5-11-16;11-9-5-4-8-10-6-2-1-3-7-10;7-5-3-1-2-4-6-8/h3-5,10-11H,1-2,6-9,12-15H2;1-3,6-7,11H,4-5,8-9H2;1-6H2. The second-order valence-corrected chi connectivity index (χ2v) is 11.5. The van der Waals surface area contributed by atoms with Crippen LogP contribution < -0.4 is 0 Å². The van der Waals surface area contributed by atoms with E-state index in [4.69, 9.17) is 9.84 Å². The van der Waals surface area contributed by atoms with Crippen molar-refractivity contribution in [2.24, 2.45) is 0 Å². The van der Waals surface area contributed by atoms with Gasteiger partial charge in [-0.1, -0.05) is 134 Å². The third-order valence-corrected chi connectivity index (χ3v) is 7.44. The number of alkyl halides is 3. The first-order valence-electron chi connectivity index (χ1n) is 14.2. The minimum Gasteiger partial charge on any atom is -0.396 e. The van der Waals surface area contributed by atoms with Gasteiger partial charge < -0.3 is 9.84 Å². The molecule has 0 unspecified atom stereocenters. The Kier molecular flexibility index (Phi) is 31.8. The first kappa shape index (κ1) is 36.8. The number of benzene rings is 2. The Morgan fingerprint density at radius 1 is 0.459 bits per heavy atom. The maximum absolute atomic E-state index is 8.54. The van der Waals surface area contributed by atoms with Crippen LogP contribution in [0.2, 0.25) is 0 Å². The predicted octanol–water partition coefficient (Wildman–Crippen LogP) is 10.3. The topological polar surface area (TPSA) is 29.5 Å². The van der Waals surface area contributed by atoms with Gasteiger partial charge >= 0.3 is 0 Å². The maximum atomic E-state index is 8.54. The van der Waals surface area contributed by atoms with Crippen molar-refractivity contribution in [3.05, 3.63) is 71.8 Å². The highest BCUT2D eigenvalue weighted by atomic mass is 79.9. The van der Waals surface area contributed by atoms with E-state index in [2.05, 4.69) is 90.3 Å². The third-order valence-electron chi connectivity index (χ3n) is 5.75. The average Bonchev–Trinajstić information content (AvgIpc) is 2.94. The van der Waals surface area contributed by atoms with Gasteiger partial charge in [-0.2, -0.15) is 0 Å². The van der Waals surface area contributed by atoms with E-state index in [1.807, 2.05) is 18.2 Å². The zero-order valence-electron chi connectivity index (χ0n) is 22.9. The third kappa shape index (κ3) is 28.6. The molecule has 0 aromatic heterocycles. The fourth-order valence-corrected chi connectivity index (χ4v) is 4.75. The van der Waals surface area contributed by atoms with Crippen LogP contribution in [-0.2, 0) is 17.6 Å². The van der Waals surface area contributed by atoms with Crippen LogP contribution in [0.3, 0.4) is 0 Å². The highest BCUT2D eigenvalue weighted by molar-refractivity contribution is 9.09. The number of hydrogen-bond acceptors (Lipinski definition) is 2. The van der Waals surface area contributed by atoms with Gasteiger partial charge in [-0.15, -0.1) is 0 Å². The molecule has 37 heavy (non-hydrogen) atoms. The second-order valence-electron chi connectivity index (χ2n) is 9.12. The number of hydrogen-bond donors (Lipinski definition) is 1. The van der Waals surface area contributed by atoms with E-state index in [0.29, 0.717) is 6.61 Å². The maximum Gasteiger partial charge on any atom is 0.0466 e.